The molecule has 2 heteroatoms. The maximum absolute atomic E-state index is 6.59. The molecule has 1 aliphatic heterocycles. The van der Waals surface area contributed by atoms with Gasteiger partial charge in [0.25, 0.3) is 0 Å². The van der Waals surface area contributed by atoms with Gasteiger partial charge in [0.1, 0.15) is 22.7 Å². The second kappa shape index (κ2) is 8.74. The zero-order valence-corrected chi connectivity index (χ0v) is 25.0. The summed E-state index contributed by atoms with van der Waals surface area (Å²) in [5, 5.41) is 4.57. The molecule has 0 saturated heterocycles. The van der Waals surface area contributed by atoms with Gasteiger partial charge >= 0.3 is 0 Å². The van der Waals surface area contributed by atoms with Crippen LogP contribution in [-0.2, 0) is 5.41 Å². The van der Waals surface area contributed by atoms with Crippen molar-refractivity contribution in [2.75, 3.05) is 0 Å². The van der Waals surface area contributed by atoms with E-state index in [-0.39, 0.29) is 5.41 Å². The summed E-state index contributed by atoms with van der Waals surface area (Å²) in [7, 11) is 0. The standard InChI is InChI=1S/C43H28O2/c1-43(2)36-15-5-3-9-28(36)29-19-17-26(24-37(29)43)25-18-21-39-35(23-25)32-12-7-11-31-27(20-22-40(44-39)41(31)32)33-13-8-14-34-30-10-4-6-16-38(30)45-42(33)34/h3-24H,1-2H3. The lowest BCUT2D eigenvalue weighted by Crippen LogP contribution is -2.14. The van der Waals surface area contributed by atoms with E-state index in [0.29, 0.717) is 0 Å². The van der Waals surface area contributed by atoms with Gasteiger partial charge in [-0.25, -0.2) is 0 Å². The van der Waals surface area contributed by atoms with Gasteiger partial charge in [-0.05, 0) is 86.3 Å². The van der Waals surface area contributed by atoms with Crippen molar-refractivity contribution in [3.05, 3.63) is 145 Å². The van der Waals surface area contributed by atoms with Crippen LogP contribution in [0.25, 0.3) is 77.2 Å². The van der Waals surface area contributed by atoms with Crippen LogP contribution in [0.1, 0.15) is 25.0 Å². The zero-order chi connectivity index (χ0) is 29.9. The summed E-state index contributed by atoms with van der Waals surface area (Å²) in [5.41, 5.74) is 14.2. The quantitative estimate of drug-likeness (QED) is 0.204. The minimum absolute atomic E-state index is 0.0388. The van der Waals surface area contributed by atoms with Crippen molar-refractivity contribution < 1.29 is 9.15 Å². The Kier molecular flexibility index (Phi) is 4.82. The molecule has 2 aliphatic rings. The molecule has 0 spiro atoms. The van der Waals surface area contributed by atoms with Crippen molar-refractivity contribution in [1.29, 1.82) is 0 Å². The molecule has 2 heterocycles. The third-order valence-electron chi connectivity index (χ3n) is 10.1. The van der Waals surface area contributed by atoms with Gasteiger partial charge in [-0.2, -0.15) is 0 Å². The highest BCUT2D eigenvalue weighted by atomic mass is 16.5. The van der Waals surface area contributed by atoms with Gasteiger partial charge in [0, 0.05) is 32.7 Å². The molecule has 1 aromatic heterocycles. The van der Waals surface area contributed by atoms with Gasteiger partial charge in [0.05, 0.1) is 0 Å². The Morgan fingerprint density at radius 3 is 2.04 bits per heavy atom. The average molecular weight is 577 g/mol. The first-order valence-corrected chi connectivity index (χ1v) is 15.6. The maximum atomic E-state index is 6.59. The molecule has 0 radical (unpaired) electrons. The summed E-state index contributed by atoms with van der Waals surface area (Å²) in [4.78, 5) is 0. The van der Waals surface area contributed by atoms with Crippen molar-refractivity contribution in [1.82, 2.24) is 0 Å². The molecule has 8 aromatic rings. The van der Waals surface area contributed by atoms with E-state index in [9.17, 15) is 0 Å². The van der Waals surface area contributed by atoms with Crippen LogP contribution in [0.2, 0.25) is 0 Å². The summed E-state index contributed by atoms with van der Waals surface area (Å²) in [6, 6.07) is 48.0. The highest BCUT2D eigenvalue weighted by Gasteiger charge is 2.35. The second-order valence-corrected chi connectivity index (χ2v) is 12.9. The van der Waals surface area contributed by atoms with Gasteiger partial charge in [0.2, 0.25) is 0 Å². The molecule has 0 saturated carbocycles. The lowest BCUT2D eigenvalue weighted by atomic mass is 9.81. The Morgan fingerprint density at radius 2 is 1.11 bits per heavy atom. The molecule has 0 atom stereocenters. The number of ether oxygens (including phenoxy) is 1. The normalized spacial score (nSPS) is 13.9. The average Bonchev–Trinajstić information content (AvgIpc) is 3.57. The number of para-hydroxylation sites is 2. The first-order valence-electron chi connectivity index (χ1n) is 15.6. The van der Waals surface area contributed by atoms with E-state index < -0.39 is 0 Å². The largest absolute Gasteiger partial charge is 0.456 e. The topological polar surface area (TPSA) is 22.4 Å². The van der Waals surface area contributed by atoms with Crippen molar-refractivity contribution in [3.8, 4) is 56.0 Å². The fraction of sp³-hybridized carbons (Fsp3) is 0.0698. The third kappa shape index (κ3) is 3.34. The van der Waals surface area contributed by atoms with Crippen LogP contribution in [0.5, 0.6) is 11.5 Å². The Bertz CT molecular complexity index is 2550. The van der Waals surface area contributed by atoms with Crippen LogP contribution < -0.4 is 4.74 Å². The summed E-state index contributed by atoms with van der Waals surface area (Å²) in [5.74, 6) is 1.78. The van der Waals surface area contributed by atoms with Gasteiger partial charge in [0.15, 0.2) is 0 Å². The molecule has 10 rings (SSSR count). The van der Waals surface area contributed by atoms with Crippen molar-refractivity contribution in [2.24, 2.45) is 0 Å². The number of furan rings is 1. The highest BCUT2D eigenvalue weighted by Crippen LogP contribution is 2.52. The van der Waals surface area contributed by atoms with Crippen molar-refractivity contribution in [3.63, 3.8) is 0 Å². The highest BCUT2D eigenvalue weighted by molar-refractivity contribution is 6.15. The molecule has 7 aromatic carbocycles. The Hall–Kier alpha value is -5.60. The minimum Gasteiger partial charge on any atom is -0.456 e. The summed E-state index contributed by atoms with van der Waals surface area (Å²) < 4.78 is 13.0. The fourth-order valence-electron chi connectivity index (χ4n) is 7.89. The molecule has 1 aliphatic carbocycles. The number of hydrogen-bond acceptors (Lipinski definition) is 2. The predicted octanol–water partition coefficient (Wildman–Crippen LogP) is 12.2. The van der Waals surface area contributed by atoms with Crippen molar-refractivity contribution >= 4 is 32.7 Å². The summed E-state index contributed by atoms with van der Waals surface area (Å²) in [6.45, 7) is 4.67. The van der Waals surface area contributed by atoms with Crippen LogP contribution in [0.15, 0.2) is 138 Å². The van der Waals surface area contributed by atoms with E-state index in [1.54, 1.807) is 0 Å². The molecule has 45 heavy (non-hydrogen) atoms. The van der Waals surface area contributed by atoms with E-state index in [0.717, 1.165) is 60.9 Å². The smallest absolute Gasteiger partial charge is 0.143 e. The molecule has 212 valence electrons. The first-order chi connectivity index (χ1) is 22.1. The van der Waals surface area contributed by atoms with Gasteiger partial charge in [-0.15, -0.1) is 0 Å². The zero-order valence-electron chi connectivity index (χ0n) is 25.0. The molecular formula is C43H28O2. The van der Waals surface area contributed by atoms with E-state index in [1.807, 2.05) is 12.1 Å². The van der Waals surface area contributed by atoms with E-state index >= 15 is 0 Å². The van der Waals surface area contributed by atoms with Crippen LogP contribution in [-0.4, -0.2) is 0 Å². The first kappa shape index (κ1) is 24.8. The third-order valence-corrected chi connectivity index (χ3v) is 10.1. The lowest BCUT2D eigenvalue weighted by molar-refractivity contribution is 0.487. The molecule has 0 unspecified atom stereocenters. The minimum atomic E-state index is -0.0388. The van der Waals surface area contributed by atoms with Crippen LogP contribution in [0, 0.1) is 0 Å². The molecule has 0 fully saturated rings. The number of benzene rings is 7. The summed E-state index contributed by atoms with van der Waals surface area (Å²) in [6.07, 6.45) is 0. The SMILES string of the molecule is CC1(C)c2ccccc2-c2ccc(-c3ccc4c(c3)-c3cccc5c(-c6cccc7c6oc6ccccc67)ccc(c35)O4)cc21. The lowest BCUT2D eigenvalue weighted by Gasteiger charge is -2.24. The Morgan fingerprint density at radius 1 is 0.444 bits per heavy atom. The van der Waals surface area contributed by atoms with Crippen molar-refractivity contribution in [2.45, 2.75) is 19.3 Å². The summed E-state index contributed by atoms with van der Waals surface area (Å²) >= 11 is 0. The number of hydrogen-bond donors (Lipinski definition) is 0. The van der Waals surface area contributed by atoms with Gasteiger partial charge < -0.3 is 9.15 Å². The van der Waals surface area contributed by atoms with Crippen LogP contribution >= 0.6 is 0 Å². The monoisotopic (exact) mass is 576 g/mol. The molecule has 2 nitrogen and oxygen atoms in total. The molecule has 0 N–H and O–H groups in total. The maximum Gasteiger partial charge on any atom is 0.143 e. The van der Waals surface area contributed by atoms with E-state index in [4.69, 9.17) is 9.15 Å². The molecule has 0 amide bonds. The van der Waals surface area contributed by atoms with Crippen LogP contribution in [0.3, 0.4) is 0 Å². The number of fused-ring (bicyclic) bond motifs is 8. The predicted molar refractivity (Wildman–Crippen MR) is 185 cm³/mol. The van der Waals surface area contributed by atoms with Gasteiger partial charge in [-0.3, -0.25) is 0 Å². The Balaban J connectivity index is 1.14. The van der Waals surface area contributed by atoms with E-state index in [1.165, 1.54) is 38.9 Å². The number of rotatable bonds is 2. The fourth-order valence-corrected chi connectivity index (χ4v) is 7.89. The molecule has 0 bridgehead atoms. The second-order valence-electron chi connectivity index (χ2n) is 12.9. The molecular weight excluding hydrogens is 548 g/mol. The van der Waals surface area contributed by atoms with E-state index in [2.05, 4.69) is 135 Å². The van der Waals surface area contributed by atoms with Gasteiger partial charge in [-0.1, -0.05) is 111 Å². The Labute approximate surface area is 261 Å². The van der Waals surface area contributed by atoms with Crippen LogP contribution in [0.4, 0.5) is 0 Å².